The van der Waals surface area contributed by atoms with Gasteiger partial charge in [-0.3, -0.25) is 14.9 Å². The van der Waals surface area contributed by atoms with E-state index in [0.717, 1.165) is 0 Å². The molecule has 8 heteroatoms. The summed E-state index contributed by atoms with van der Waals surface area (Å²) in [6.07, 6.45) is 0.158. The second kappa shape index (κ2) is 4.92. The van der Waals surface area contributed by atoms with E-state index in [0.29, 0.717) is 6.54 Å². The summed E-state index contributed by atoms with van der Waals surface area (Å²) in [4.78, 5) is 32.4. The number of nitrogens with one attached hydrogen (secondary N) is 2. The van der Waals surface area contributed by atoms with Gasteiger partial charge < -0.3 is 15.7 Å². The minimum absolute atomic E-state index is 0.0681. The van der Waals surface area contributed by atoms with Crippen LogP contribution in [0.1, 0.15) is 16.8 Å². The lowest BCUT2D eigenvalue weighted by Gasteiger charge is -2.14. The molecule has 1 aromatic carbocycles. The van der Waals surface area contributed by atoms with Crippen LogP contribution in [0.15, 0.2) is 18.2 Å². The van der Waals surface area contributed by atoms with E-state index in [1.165, 1.54) is 18.2 Å². The Morgan fingerprint density at radius 3 is 2.79 bits per heavy atom. The molecule has 1 unspecified atom stereocenters. The number of carbonyl (C=O) groups excluding carboxylic acids is 1. The van der Waals surface area contributed by atoms with Gasteiger partial charge in [-0.15, -0.1) is 0 Å². The molecule has 3 N–H and O–H groups in total. The van der Waals surface area contributed by atoms with Gasteiger partial charge in [-0.25, -0.2) is 4.79 Å². The maximum Gasteiger partial charge on any atom is 0.338 e. The lowest BCUT2D eigenvalue weighted by Crippen LogP contribution is -2.24. The molecule has 1 aliphatic heterocycles. The molecule has 100 valence electrons. The molecule has 1 saturated heterocycles. The lowest BCUT2D eigenvalue weighted by molar-refractivity contribution is -0.384. The number of para-hydroxylation sites is 1. The summed E-state index contributed by atoms with van der Waals surface area (Å²) in [6, 6.07) is 3.46. The Morgan fingerprint density at radius 1 is 1.53 bits per heavy atom. The number of carbonyl (C=O) groups is 2. The summed E-state index contributed by atoms with van der Waals surface area (Å²) >= 11 is 0. The van der Waals surface area contributed by atoms with Gasteiger partial charge >= 0.3 is 5.97 Å². The molecule has 1 fully saturated rings. The molecule has 1 amide bonds. The van der Waals surface area contributed by atoms with Crippen LogP contribution in [0.2, 0.25) is 0 Å². The number of rotatable bonds is 4. The van der Waals surface area contributed by atoms with E-state index in [2.05, 4.69) is 10.6 Å². The molecule has 19 heavy (non-hydrogen) atoms. The van der Waals surface area contributed by atoms with Crippen molar-refractivity contribution in [2.24, 2.45) is 0 Å². The van der Waals surface area contributed by atoms with Crippen molar-refractivity contribution in [1.29, 1.82) is 0 Å². The van der Waals surface area contributed by atoms with Gasteiger partial charge in [0.05, 0.1) is 16.5 Å². The van der Waals surface area contributed by atoms with Crippen molar-refractivity contribution >= 4 is 23.3 Å². The van der Waals surface area contributed by atoms with Gasteiger partial charge in [0.15, 0.2) is 0 Å². The number of carboxylic acid groups (broad SMARTS) is 1. The standard InChI is InChI=1S/C11H11N3O5/c15-9-4-6(5-12-9)13-10-7(11(16)17)2-1-3-8(10)14(18)19/h1-3,6,13H,4-5H2,(H,12,15)(H,16,17). The number of anilines is 1. The lowest BCUT2D eigenvalue weighted by atomic mass is 10.1. The summed E-state index contributed by atoms with van der Waals surface area (Å²) < 4.78 is 0. The zero-order valence-corrected chi connectivity index (χ0v) is 9.75. The molecule has 0 aliphatic carbocycles. The Bertz CT molecular complexity index is 525. The highest BCUT2D eigenvalue weighted by Gasteiger charge is 2.27. The number of nitro benzene ring substituents is 1. The van der Waals surface area contributed by atoms with E-state index in [-0.39, 0.29) is 35.3 Å². The van der Waals surface area contributed by atoms with Crippen molar-refractivity contribution in [2.75, 3.05) is 11.9 Å². The van der Waals surface area contributed by atoms with Crippen molar-refractivity contribution < 1.29 is 19.6 Å². The summed E-state index contributed by atoms with van der Waals surface area (Å²) in [7, 11) is 0. The fraction of sp³-hybridized carbons (Fsp3) is 0.273. The van der Waals surface area contributed by atoms with Crippen LogP contribution in [0.5, 0.6) is 0 Å². The third-order valence-corrected chi connectivity index (χ3v) is 2.80. The number of nitrogens with zero attached hydrogens (tertiary/aromatic N) is 1. The number of hydrogen-bond donors (Lipinski definition) is 3. The Hall–Kier alpha value is -2.64. The minimum atomic E-state index is -1.26. The highest BCUT2D eigenvalue weighted by molar-refractivity contribution is 5.97. The first-order chi connectivity index (χ1) is 8.99. The number of hydrogen-bond acceptors (Lipinski definition) is 5. The topological polar surface area (TPSA) is 122 Å². The largest absolute Gasteiger partial charge is 0.478 e. The number of amides is 1. The average Bonchev–Trinajstić information content (AvgIpc) is 2.74. The second-order valence-corrected chi connectivity index (χ2v) is 4.11. The third-order valence-electron chi connectivity index (χ3n) is 2.80. The molecule has 1 heterocycles. The molecule has 8 nitrogen and oxygen atoms in total. The Labute approximate surface area is 107 Å². The van der Waals surface area contributed by atoms with Crippen LogP contribution in [0, 0.1) is 10.1 Å². The van der Waals surface area contributed by atoms with Crippen LogP contribution in [0.25, 0.3) is 0 Å². The summed E-state index contributed by atoms with van der Waals surface area (Å²) in [5.74, 6) is -1.43. The number of carboxylic acids is 1. The van der Waals surface area contributed by atoms with Crippen LogP contribution in [0.4, 0.5) is 11.4 Å². The maximum absolute atomic E-state index is 11.1. The van der Waals surface area contributed by atoms with Gasteiger partial charge in [-0.2, -0.15) is 0 Å². The molecule has 1 aromatic rings. The van der Waals surface area contributed by atoms with Gasteiger partial charge in [0.2, 0.25) is 5.91 Å². The number of aromatic carboxylic acids is 1. The Kier molecular flexibility index (Phi) is 3.32. The average molecular weight is 265 g/mol. The van der Waals surface area contributed by atoms with E-state index in [1.807, 2.05) is 0 Å². The van der Waals surface area contributed by atoms with E-state index < -0.39 is 10.9 Å². The highest BCUT2D eigenvalue weighted by atomic mass is 16.6. The highest BCUT2D eigenvalue weighted by Crippen LogP contribution is 2.29. The molecule has 1 aliphatic rings. The molecular weight excluding hydrogens is 254 g/mol. The number of benzene rings is 1. The minimum Gasteiger partial charge on any atom is -0.478 e. The quantitative estimate of drug-likeness (QED) is 0.541. The van der Waals surface area contributed by atoms with Crippen molar-refractivity contribution in [3.8, 4) is 0 Å². The van der Waals surface area contributed by atoms with Gasteiger partial charge in [-0.05, 0) is 6.07 Å². The monoisotopic (exact) mass is 265 g/mol. The van der Waals surface area contributed by atoms with Gasteiger partial charge in [0.25, 0.3) is 5.69 Å². The van der Waals surface area contributed by atoms with Crippen LogP contribution in [-0.4, -0.2) is 34.5 Å². The predicted octanol–water partition coefficient (Wildman–Crippen LogP) is 0.593. The van der Waals surface area contributed by atoms with Crippen molar-refractivity contribution in [3.05, 3.63) is 33.9 Å². The smallest absolute Gasteiger partial charge is 0.338 e. The molecule has 0 saturated carbocycles. The molecular formula is C11H11N3O5. The van der Waals surface area contributed by atoms with Gasteiger partial charge in [0, 0.05) is 19.0 Å². The third kappa shape index (κ3) is 2.62. The fourth-order valence-corrected chi connectivity index (χ4v) is 1.93. The van der Waals surface area contributed by atoms with Crippen LogP contribution in [0.3, 0.4) is 0 Å². The Balaban J connectivity index is 2.37. The molecule has 1 atom stereocenters. The molecule has 0 spiro atoms. The van der Waals surface area contributed by atoms with Crippen molar-refractivity contribution in [2.45, 2.75) is 12.5 Å². The summed E-state index contributed by atoms with van der Waals surface area (Å²) in [5, 5.41) is 25.3. The van der Waals surface area contributed by atoms with Gasteiger partial charge in [-0.1, -0.05) is 6.07 Å². The maximum atomic E-state index is 11.1. The van der Waals surface area contributed by atoms with E-state index in [9.17, 15) is 19.7 Å². The van der Waals surface area contributed by atoms with Gasteiger partial charge in [0.1, 0.15) is 5.69 Å². The summed E-state index contributed by atoms with van der Waals surface area (Å²) in [5.41, 5.74) is -0.575. The van der Waals surface area contributed by atoms with E-state index >= 15 is 0 Å². The first-order valence-electron chi connectivity index (χ1n) is 5.53. The molecule has 2 rings (SSSR count). The van der Waals surface area contributed by atoms with Crippen LogP contribution in [-0.2, 0) is 4.79 Å². The van der Waals surface area contributed by atoms with Crippen molar-refractivity contribution in [1.82, 2.24) is 5.32 Å². The van der Waals surface area contributed by atoms with Crippen LogP contribution >= 0.6 is 0 Å². The van der Waals surface area contributed by atoms with Crippen molar-refractivity contribution in [3.63, 3.8) is 0 Å². The first-order valence-corrected chi connectivity index (χ1v) is 5.53. The molecule has 0 aromatic heterocycles. The first kappa shape index (κ1) is 12.8. The zero-order chi connectivity index (χ0) is 14.0. The second-order valence-electron chi connectivity index (χ2n) is 4.11. The fourth-order valence-electron chi connectivity index (χ4n) is 1.93. The van der Waals surface area contributed by atoms with E-state index in [4.69, 9.17) is 5.11 Å². The normalized spacial score (nSPS) is 17.9. The predicted molar refractivity (Wildman–Crippen MR) is 65.1 cm³/mol. The number of nitro groups is 1. The molecule has 0 bridgehead atoms. The zero-order valence-electron chi connectivity index (χ0n) is 9.75. The SMILES string of the molecule is O=C1CC(Nc2c(C(=O)O)cccc2[N+](=O)[O-])CN1. The Morgan fingerprint density at radius 2 is 2.26 bits per heavy atom. The van der Waals surface area contributed by atoms with E-state index in [1.54, 1.807) is 0 Å². The molecule has 0 radical (unpaired) electrons. The van der Waals surface area contributed by atoms with Crippen LogP contribution < -0.4 is 10.6 Å². The summed E-state index contributed by atoms with van der Waals surface area (Å²) in [6.45, 7) is 0.309.